The number of alkyl halides is 3. The summed E-state index contributed by atoms with van der Waals surface area (Å²) < 4.78 is 0. The fourth-order valence-corrected chi connectivity index (χ4v) is 9.49. The van der Waals surface area contributed by atoms with Crippen LogP contribution in [0.2, 0.25) is 0 Å². The predicted molar refractivity (Wildman–Crippen MR) is 159 cm³/mol. The van der Waals surface area contributed by atoms with Gasteiger partial charge < -0.3 is 5.11 Å². The summed E-state index contributed by atoms with van der Waals surface area (Å²) in [5.41, 5.74) is 0.897. The minimum absolute atomic E-state index is 0.0681. The number of allylic oxidation sites excluding steroid dienone is 2. The van der Waals surface area contributed by atoms with Crippen molar-refractivity contribution < 1.29 is 24.3 Å². The number of nitrogens with zero attached hydrogens (tertiary/aromatic N) is 2. The first-order valence-corrected chi connectivity index (χ1v) is 16.0. The van der Waals surface area contributed by atoms with E-state index in [9.17, 15) is 24.3 Å². The van der Waals surface area contributed by atoms with Gasteiger partial charge >= 0.3 is 0 Å². The van der Waals surface area contributed by atoms with Gasteiger partial charge in [0.25, 0.3) is 11.8 Å². The monoisotopic (exact) mass is 672 g/mol. The quantitative estimate of drug-likeness (QED) is 0.170. The molecular weight excluding hydrogens is 651 g/mol. The van der Waals surface area contributed by atoms with Crippen molar-refractivity contribution in [2.24, 2.45) is 17.8 Å². The lowest BCUT2D eigenvalue weighted by molar-refractivity contribution is -0.141. The van der Waals surface area contributed by atoms with Crippen molar-refractivity contribution in [1.82, 2.24) is 9.80 Å². The number of thiophene rings is 1. The molecule has 1 N–H and O–H groups in total. The van der Waals surface area contributed by atoms with Gasteiger partial charge in [-0.3, -0.25) is 29.0 Å². The van der Waals surface area contributed by atoms with Crippen LogP contribution in [0.4, 0.5) is 0 Å². The highest BCUT2D eigenvalue weighted by atomic mass is 79.9. The van der Waals surface area contributed by atoms with Gasteiger partial charge in [0.15, 0.2) is 9.75 Å². The number of carbonyl (C=O) groups is 4. The summed E-state index contributed by atoms with van der Waals surface area (Å²) in [4.78, 5) is 54.5. The molecule has 4 amide bonds. The average molecular weight is 674 g/mol. The van der Waals surface area contributed by atoms with E-state index in [1.165, 1.54) is 16.2 Å². The fourth-order valence-electron chi connectivity index (χ4n) is 7.38. The SMILES string of the molecule is O=C1[C@H]2[C@H](CC=C3[C@H]2C[C@@]2(Cl)C(=O)N(CBr)C(=O)[C@@]2(Cl)[C@H]3c2ccc3ccccc3c2O)C(=O)N1Cc1cccs1. The lowest BCUT2D eigenvalue weighted by Gasteiger charge is -2.50. The first-order valence-electron chi connectivity index (χ1n) is 13.2. The summed E-state index contributed by atoms with van der Waals surface area (Å²) in [6.07, 6.45) is 2.06. The highest BCUT2D eigenvalue weighted by molar-refractivity contribution is 9.09. The van der Waals surface area contributed by atoms with Crippen LogP contribution in [0.1, 0.15) is 29.2 Å². The van der Waals surface area contributed by atoms with E-state index >= 15 is 0 Å². The Morgan fingerprint density at radius 1 is 0.951 bits per heavy atom. The highest BCUT2D eigenvalue weighted by Crippen LogP contribution is 2.66. The Morgan fingerprint density at radius 3 is 2.46 bits per heavy atom. The second-order valence-electron chi connectivity index (χ2n) is 11.1. The fraction of sp³-hybridized carbons (Fsp3) is 0.333. The lowest BCUT2D eigenvalue weighted by atomic mass is 9.56. The number of likely N-dealkylation sites (tertiary alicyclic amines) is 2. The summed E-state index contributed by atoms with van der Waals surface area (Å²) in [6, 6.07) is 14.6. The van der Waals surface area contributed by atoms with Crippen LogP contribution in [0.5, 0.6) is 5.75 Å². The van der Waals surface area contributed by atoms with Gasteiger partial charge in [-0.05, 0) is 35.6 Å². The van der Waals surface area contributed by atoms with E-state index in [4.69, 9.17) is 23.2 Å². The van der Waals surface area contributed by atoms with E-state index in [1.54, 1.807) is 18.2 Å². The van der Waals surface area contributed by atoms with Crippen LogP contribution in [0.25, 0.3) is 10.8 Å². The molecule has 41 heavy (non-hydrogen) atoms. The second kappa shape index (κ2) is 9.39. The normalized spacial score (nSPS) is 32.8. The summed E-state index contributed by atoms with van der Waals surface area (Å²) >= 11 is 19.2. The molecule has 2 aliphatic carbocycles. The van der Waals surface area contributed by atoms with E-state index < -0.39 is 45.2 Å². The zero-order chi connectivity index (χ0) is 28.8. The van der Waals surface area contributed by atoms with Gasteiger partial charge in [0, 0.05) is 21.7 Å². The Kier molecular flexibility index (Phi) is 6.22. The second-order valence-corrected chi connectivity index (χ2v) is 13.8. The van der Waals surface area contributed by atoms with Crippen LogP contribution in [-0.2, 0) is 25.7 Å². The predicted octanol–water partition coefficient (Wildman–Crippen LogP) is 5.52. The molecule has 3 heterocycles. The van der Waals surface area contributed by atoms with E-state index in [-0.39, 0.29) is 42.4 Å². The first kappa shape index (κ1) is 27.1. The van der Waals surface area contributed by atoms with Crippen molar-refractivity contribution in [2.75, 3.05) is 5.45 Å². The van der Waals surface area contributed by atoms with E-state index in [0.29, 0.717) is 16.5 Å². The molecule has 2 aromatic carbocycles. The van der Waals surface area contributed by atoms with Gasteiger partial charge in [0.05, 0.1) is 23.8 Å². The first-order chi connectivity index (χ1) is 19.6. The zero-order valence-electron chi connectivity index (χ0n) is 21.4. The van der Waals surface area contributed by atoms with Crippen molar-refractivity contribution in [1.29, 1.82) is 0 Å². The number of hydrogen-bond acceptors (Lipinski definition) is 6. The molecular formula is C30H23BrCl2N2O5S. The van der Waals surface area contributed by atoms with Gasteiger partial charge in [-0.2, -0.15) is 0 Å². The molecule has 3 aromatic rings. The number of hydrogen-bond donors (Lipinski definition) is 1. The number of benzene rings is 2. The van der Waals surface area contributed by atoms with Gasteiger partial charge in [-0.15, -0.1) is 34.5 Å². The third-order valence-corrected chi connectivity index (χ3v) is 12.0. The topological polar surface area (TPSA) is 95.0 Å². The molecule has 0 bridgehead atoms. The number of aromatic hydroxyl groups is 1. The van der Waals surface area contributed by atoms with Crippen LogP contribution >= 0.6 is 50.5 Å². The summed E-state index contributed by atoms with van der Waals surface area (Å²) in [6.45, 7) is 0.180. The summed E-state index contributed by atoms with van der Waals surface area (Å²) in [5, 5.41) is 14.8. The molecule has 4 aliphatic rings. The van der Waals surface area contributed by atoms with Crippen LogP contribution in [-0.4, -0.2) is 53.7 Å². The van der Waals surface area contributed by atoms with Gasteiger partial charge in [-0.1, -0.05) is 70.0 Å². The highest BCUT2D eigenvalue weighted by Gasteiger charge is 2.76. The van der Waals surface area contributed by atoms with Crippen LogP contribution in [0.3, 0.4) is 0 Å². The van der Waals surface area contributed by atoms with Crippen molar-refractivity contribution in [3.05, 3.63) is 76.0 Å². The van der Waals surface area contributed by atoms with Gasteiger partial charge in [-0.25, -0.2) is 0 Å². The van der Waals surface area contributed by atoms with Crippen molar-refractivity contribution in [3.8, 4) is 5.75 Å². The standard InChI is InChI=1S/C30H23BrCl2N2O5S/c31-14-35-27(39)29(32)12-21-18(9-10-19-22(21)26(38)34(25(19)37)13-16-5-3-11-41-16)23(30(29,33)28(35)40)20-8-7-15-4-1-2-6-17(15)24(20)36/h1-9,11,19,21-23,36H,10,12-14H2/t19-,21+,22-,23+,29+,30-/m0/s1. The molecule has 3 fully saturated rings. The molecule has 6 atom stereocenters. The third kappa shape index (κ3) is 3.49. The van der Waals surface area contributed by atoms with Crippen molar-refractivity contribution in [3.63, 3.8) is 0 Å². The van der Waals surface area contributed by atoms with Crippen LogP contribution in [0.15, 0.2) is 65.6 Å². The van der Waals surface area contributed by atoms with E-state index in [2.05, 4.69) is 15.9 Å². The Labute approximate surface area is 257 Å². The summed E-state index contributed by atoms with van der Waals surface area (Å²) in [5.74, 6) is -4.97. The lowest BCUT2D eigenvalue weighted by Crippen LogP contribution is -2.60. The number of imide groups is 2. The zero-order valence-corrected chi connectivity index (χ0v) is 25.3. The molecule has 0 radical (unpaired) electrons. The number of amides is 4. The molecule has 0 unspecified atom stereocenters. The molecule has 2 aliphatic heterocycles. The number of fused-ring (bicyclic) bond motifs is 5. The van der Waals surface area contributed by atoms with E-state index in [1.807, 2.05) is 41.8 Å². The Bertz CT molecular complexity index is 1690. The maximum atomic E-state index is 13.9. The Hall–Kier alpha value is -2.72. The molecule has 210 valence electrons. The smallest absolute Gasteiger partial charge is 0.254 e. The van der Waals surface area contributed by atoms with Crippen molar-refractivity contribution >= 4 is 84.9 Å². The number of carbonyl (C=O) groups excluding carboxylic acids is 4. The van der Waals surface area contributed by atoms with Gasteiger partial charge in [0.2, 0.25) is 11.8 Å². The Balaban J connectivity index is 1.41. The van der Waals surface area contributed by atoms with E-state index in [0.717, 1.165) is 15.2 Å². The average Bonchev–Trinajstić information content (AvgIpc) is 3.61. The maximum Gasteiger partial charge on any atom is 0.254 e. The van der Waals surface area contributed by atoms with Crippen LogP contribution in [0, 0.1) is 17.8 Å². The molecule has 1 saturated carbocycles. The summed E-state index contributed by atoms with van der Waals surface area (Å²) in [7, 11) is 0. The molecule has 0 spiro atoms. The molecule has 7 rings (SSSR count). The molecule has 2 saturated heterocycles. The largest absolute Gasteiger partial charge is 0.507 e. The molecule has 7 nitrogen and oxygen atoms in total. The van der Waals surface area contributed by atoms with Gasteiger partial charge in [0.1, 0.15) is 5.75 Å². The minimum Gasteiger partial charge on any atom is -0.507 e. The molecule has 11 heteroatoms. The maximum absolute atomic E-state index is 13.9. The molecule has 1 aromatic heterocycles. The minimum atomic E-state index is -1.96. The number of phenolic OH excluding ortho intramolecular Hbond substituents is 1. The Morgan fingerprint density at radius 2 is 1.73 bits per heavy atom. The number of halogens is 3. The third-order valence-electron chi connectivity index (χ3n) is 9.24. The van der Waals surface area contributed by atoms with Crippen molar-refractivity contribution in [2.45, 2.75) is 35.1 Å². The van der Waals surface area contributed by atoms with Crippen LogP contribution < -0.4 is 0 Å². The number of rotatable bonds is 4. The number of phenols is 1.